The van der Waals surface area contributed by atoms with E-state index in [1.807, 2.05) is 20.2 Å². The van der Waals surface area contributed by atoms with Crippen molar-refractivity contribution in [2.75, 3.05) is 46.9 Å². The molecular formula is C29H31F2N2O4P. The Labute approximate surface area is 220 Å². The van der Waals surface area contributed by atoms with Crippen LogP contribution in [0.2, 0.25) is 0 Å². The van der Waals surface area contributed by atoms with Gasteiger partial charge in [0.15, 0.2) is 11.3 Å². The molecule has 0 spiro atoms. The second-order valence-electron chi connectivity index (χ2n) is 9.91. The normalized spacial score (nSPS) is 12.4. The van der Waals surface area contributed by atoms with Gasteiger partial charge in [-0.05, 0) is 98.4 Å². The van der Waals surface area contributed by atoms with Gasteiger partial charge in [-0.2, -0.15) is 0 Å². The van der Waals surface area contributed by atoms with Crippen LogP contribution in [0.1, 0.15) is 19.3 Å². The van der Waals surface area contributed by atoms with Crippen molar-refractivity contribution in [2.24, 2.45) is 0 Å². The lowest BCUT2D eigenvalue weighted by atomic mass is 10.1. The minimum Gasteiger partial charge on any atom is -0.489 e. The Morgan fingerprint density at radius 3 is 2.42 bits per heavy atom. The zero-order chi connectivity index (χ0) is 26.8. The molecule has 5 rings (SSSR count). The highest BCUT2D eigenvalue weighted by molar-refractivity contribution is 7.44. The van der Waals surface area contributed by atoms with Gasteiger partial charge in [-0.15, -0.1) is 8.19 Å². The quantitative estimate of drug-likeness (QED) is 0.178. The van der Waals surface area contributed by atoms with Gasteiger partial charge in [0.1, 0.15) is 17.2 Å². The van der Waals surface area contributed by atoms with Crippen LogP contribution in [0, 0.1) is 11.6 Å². The lowest BCUT2D eigenvalue weighted by Crippen LogP contribution is -2.31. The Morgan fingerprint density at radius 2 is 1.66 bits per heavy atom. The Morgan fingerprint density at radius 1 is 0.921 bits per heavy atom. The van der Waals surface area contributed by atoms with Crippen molar-refractivity contribution in [3.8, 4) is 5.75 Å². The topological polar surface area (TPSA) is 66.2 Å². The SMILES string of the molecule is CN(C)CCCN(CCCOc1c2oc3ccc(F)cc3c2cc2c1[pH]c1ccc(F)cc12)CCC(=O)O. The van der Waals surface area contributed by atoms with E-state index in [1.165, 1.54) is 18.2 Å². The molecular weight excluding hydrogens is 509 g/mol. The van der Waals surface area contributed by atoms with Crippen LogP contribution >= 0.6 is 8.19 Å². The standard InChI is InChI=1S/C29H31F2N2O4P/c1-32(2)10-3-11-33(13-9-26(34)35)12-4-14-36-28-27-22(20-15-18(30)5-7-24(20)37-27)17-23-21-16-19(31)6-8-25(21)38-29(23)28/h5-8,15-17,38H,3-4,9-14H2,1-2H3,(H,34,35). The molecule has 0 saturated heterocycles. The molecule has 200 valence electrons. The molecule has 0 amide bonds. The molecule has 1 N–H and O–H groups in total. The predicted molar refractivity (Wildman–Crippen MR) is 150 cm³/mol. The molecule has 0 aliphatic heterocycles. The molecule has 0 bridgehead atoms. The molecule has 0 fully saturated rings. The van der Waals surface area contributed by atoms with Crippen molar-refractivity contribution in [1.82, 2.24) is 9.80 Å². The number of aliphatic carboxylic acids is 1. The summed E-state index contributed by atoms with van der Waals surface area (Å²) in [5.74, 6) is -0.844. The number of ether oxygens (including phenoxy) is 1. The number of rotatable bonds is 12. The number of furan rings is 1. The third-order valence-corrected chi connectivity index (χ3v) is 8.25. The average Bonchev–Trinajstić information content (AvgIpc) is 3.41. The summed E-state index contributed by atoms with van der Waals surface area (Å²) in [6.45, 7) is 3.35. The number of hydrogen-bond donors (Lipinski definition) is 1. The van der Waals surface area contributed by atoms with Gasteiger partial charge in [-0.3, -0.25) is 4.79 Å². The van der Waals surface area contributed by atoms with Crippen LogP contribution in [0.5, 0.6) is 5.75 Å². The van der Waals surface area contributed by atoms with Crippen molar-refractivity contribution < 1.29 is 27.8 Å². The number of nitrogens with zero attached hydrogens (tertiary/aromatic N) is 2. The molecule has 2 aromatic heterocycles. The molecule has 9 heteroatoms. The molecule has 6 nitrogen and oxygen atoms in total. The third-order valence-electron chi connectivity index (χ3n) is 6.80. The molecule has 0 aliphatic carbocycles. The fourth-order valence-corrected chi connectivity index (χ4v) is 6.39. The maximum atomic E-state index is 14.1. The van der Waals surface area contributed by atoms with Crippen LogP contribution in [0.3, 0.4) is 0 Å². The smallest absolute Gasteiger partial charge is 0.304 e. The van der Waals surface area contributed by atoms with Crippen LogP contribution in [0.4, 0.5) is 8.78 Å². The number of benzene rings is 3. The molecule has 0 radical (unpaired) electrons. The van der Waals surface area contributed by atoms with E-state index in [9.17, 15) is 13.6 Å². The van der Waals surface area contributed by atoms with Crippen LogP contribution in [0.25, 0.3) is 42.9 Å². The van der Waals surface area contributed by atoms with Gasteiger partial charge < -0.3 is 24.1 Å². The number of hydrogen-bond acceptors (Lipinski definition) is 5. The first-order valence-corrected chi connectivity index (χ1v) is 13.8. The van der Waals surface area contributed by atoms with Gasteiger partial charge >= 0.3 is 5.97 Å². The van der Waals surface area contributed by atoms with E-state index in [4.69, 9.17) is 14.3 Å². The summed E-state index contributed by atoms with van der Waals surface area (Å²) in [6.07, 6.45) is 1.75. The molecule has 0 aliphatic rings. The zero-order valence-corrected chi connectivity index (χ0v) is 22.5. The van der Waals surface area contributed by atoms with Crippen molar-refractivity contribution in [2.45, 2.75) is 19.3 Å². The van der Waals surface area contributed by atoms with Crippen molar-refractivity contribution in [3.05, 3.63) is 54.1 Å². The van der Waals surface area contributed by atoms with Crippen LogP contribution in [-0.2, 0) is 4.79 Å². The molecule has 1 unspecified atom stereocenters. The van der Waals surface area contributed by atoms with E-state index < -0.39 is 5.97 Å². The lowest BCUT2D eigenvalue weighted by Gasteiger charge is -2.22. The Bertz CT molecular complexity index is 1520. The van der Waals surface area contributed by atoms with Crippen molar-refractivity contribution in [3.63, 3.8) is 0 Å². The van der Waals surface area contributed by atoms with E-state index in [0.29, 0.717) is 48.4 Å². The fraction of sp³-hybridized carbons (Fsp3) is 0.345. The van der Waals surface area contributed by atoms with Crippen LogP contribution < -0.4 is 4.74 Å². The van der Waals surface area contributed by atoms with E-state index in [0.717, 1.165) is 45.9 Å². The molecule has 0 saturated carbocycles. The zero-order valence-electron chi connectivity index (χ0n) is 21.5. The monoisotopic (exact) mass is 540 g/mol. The lowest BCUT2D eigenvalue weighted by molar-refractivity contribution is -0.137. The van der Waals surface area contributed by atoms with Gasteiger partial charge in [-0.25, -0.2) is 8.78 Å². The van der Waals surface area contributed by atoms with Gasteiger partial charge in [0.05, 0.1) is 13.0 Å². The fourth-order valence-electron chi connectivity index (χ4n) is 4.97. The summed E-state index contributed by atoms with van der Waals surface area (Å²) in [5, 5.41) is 14.3. The number of carboxylic acids is 1. The molecule has 3 aromatic carbocycles. The Hall–Kier alpha value is -3.19. The van der Waals surface area contributed by atoms with Gasteiger partial charge in [0.25, 0.3) is 0 Å². The first-order chi connectivity index (χ1) is 18.3. The number of fused-ring (bicyclic) bond motifs is 6. The van der Waals surface area contributed by atoms with E-state index in [2.05, 4.69) is 9.80 Å². The Kier molecular flexibility index (Phi) is 7.84. The third kappa shape index (κ3) is 5.63. The summed E-state index contributed by atoms with van der Waals surface area (Å²) in [7, 11) is 4.33. The van der Waals surface area contributed by atoms with Gasteiger partial charge in [0.2, 0.25) is 0 Å². The highest BCUT2D eigenvalue weighted by Gasteiger charge is 2.20. The highest BCUT2D eigenvalue weighted by atomic mass is 31.0. The minimum absolute atomic E-state index is 0.0983. The maximum Gasteiger partial charge on any atom is 0.304 e. The summed E-state index contributed by atoms with van der Waals surface area (Å²) < 4.78 is 40.8. The molecule has 2 heterocycles. The van der Waals surface area contributed by atoms with Gasteiger partial charge in [0, 0.05) is 29.0 Å². The summed E-state index contributed by atoms with van der Waals surface area (Å²) in [4.78, 5) is 15.4. The first kappa shape index (κ1) is 26.4. The number of carboxylic acid groups (broad SMARTS) is 1. The maximum absolute atomic E-state index is 14.1. The van der Waals surface area contributed by atoms with Crippen LogP contribution in [0.15, 0.2) is 46.9 Å². The second kappa shape index (κ2) is 11.3. The van der Waals surface area contributed by atoms with E-state index >= 15 is 0 Å². The minimum atomic E-state index is -0.806. The highest BCUT2D eigenvalue weighted by Crippen LogP contribution is 2.48. The summed E-state index contributed by atoms with van der Waals surface area (Å²) in [5.41, 5.74) is 1.14. The average molecular weight is 541 g/mol. The predicted octanol–water partition coefficient (Wildman–Crippen LogP) is 6.70. The van der Waals surface area contributed by atoms with Crippen molar-refractivity contribution >= 4 is 57.1 Å². The molecule has 38 heavy (non-hydrogen) atoms. The molecule has 5 aromatic rings. The van der Waals surface area contributed by atoms with Crippen molar-refractivity contribution in [1.29, 1.82) is 0 Å². The summed E-state index contributed by atoms with van der Waals surface area (Å²) in [6, 6.07) is 11.2. The number of carbonyl (C=O) groups is 1. The second-order valence-corrected chi connectivity index (χ2v) is 11.2. The molecule has 1 atom stereocenters. The van der Waals surface area contributed by atoms with Gasteiger partial charge in [-0.1, -0.05) is 0 Å². The van der Waals surface area contributed by atoms with E-state index in [1.54, 1.807) is 18.2 Å². The van der Waals surface area contributed by atoms with Crippen LogP contribution in [-0.4, -0.2) is 67.8 Å². The van der Waals surface area contributed by atoms with E-state index in [-0.39, 0.29) is 26.2 Å². The Balaban J connectivity index is 1.44. The largest absolute Gasteiger partial charge is 0.489 e. The summed E-state index contributed by atoms with van der Waals surface area (Å²) >= 11 is 0. The first-order valence-electron chi connectivity index (χ1n) is 12.8. The number of halogens is 2.